The van der Waals surface area contributed by atoms with E-state index in [4.69, 9.17) is 9.47 Å². The number of nitrogens with one attached hydrogen (secondary N) is 1. The van der Waals surface area contributed by atoms with Gasteiger partial charge in [-0.1, -0.05) is 0 Å². The molecule has 0 radical (unpaired) electrons. The Balaban J connectivity index is 1.62. The first-order chi connectivity index (χ1) is 17.3. The molecule has 1 fully saturated rings. The molecule has 0 saturated carbocycles. The van der Waals surface area contributed by atoms with Crippen molar-refractivity contribution in [1.82, 2.24) is 15.0 Å². The summed E-state index contributed by atoms with van der Waals surface area (Å²) in [5.74, 6) is 0.0418. The highest BCUT2D eigenvalue weighted by atomic mass is 16.5. The molecule has 0 aliphatic carbocycles. The predicted octanol–water partition coefficient (Wildman–Crippen LogP) is 2.53. The first kappa shape index (κ1) is 25.5. The minimum Gasteiger partial charge on any atom is -0.474 e. The number of anilines is 2. The summed E-state index contributed by atoms with van der Waals surface area (Å²) in [6.07, 6.45) is 4.78. The molecule has 0 atom stereocenters. The van der Waals surface area contributed by atoms with Gasteiger partial charge in [0.25, 0.3) is 5.91 Å². The lowest BCUT2D eigenvalue weighted by atomic mass is 9.99. The average molecular weight is 494 g/mol. The van der Waals surface area contributed by atoms with E-state index >= 15 is 0 Å². The van der Waals surface area contributed by atoms with Crippen LogP contribution in [0.25, 0.3) is 11.1 Å². The monoisotopic (exact) mass is 493 g/mol. The van der Waals surface area contributed by atoms with Gasteiger partial charge in [0.05, 0.1) is 37.3 Å². The van der Waals surface area contributed by atoms with Gasteiger partial charge in [-0.05, 0) is 50.6 Å². The highest BCUT2D eigenvalue weighted by molar-refractivity contribution is 6.03. The lowest BCUT2D eigenvalue weighted by Crippen LogP contribution is -2.36. The Morgan fingerprint density at radius 2 is 1.94 bits per heavy atom. The zero-order valence-corrected chi connectivity index (χ0v) is 20.7. The molecule has 10 nitrogen and oxygen atoms in total. The van der Waals surface area contributed by atoms with Crippen molar-refractivity contribution in [3.05, 3.63) is 59.8 Å². The van der Waals surface area contributed by atoms with Crippen molar-refractivity contribution in [3.63, 3.8) is 0 Å². The molecule has 3 aromatic heterocycles. The quantitative estimate of drug-likeness (QED) is 0.433. The Labute approximate surface area is 209 Å². The zero-order valence-electron chi connectivity index (χ0n) is 20.7. The highest BCUT2D eigenvalue weighted by Crippen LogP contribution is 2.33. The summed E-state index contributed by atoms with van der Waals surface area (Å²) in [6, 6.07) is 7.07. The number of carbonyl (C=O) groups is 1. The second kappa shape index (κ2) is 11.0. The number of aryl methyl sites for hydroxylation is 1. The molecule has 3 aromatic rings. The predicted molar refractivity (Wildman–Crippen MR) is 135 cm³/mol. The number of nitrogens with zero attached hydrogens (tertiary/aromatic N) is 4. The number of amides is 1. The van der Waals surface area contributed by atoms with E-state index in [0.29, 0.717) is 43.4 Å². The molecule has 10 heteroatoms. The topological polar surface area (TPSA) is 130 Å². The van der Waals surface area contributed by atoms with Gasteiger partial charge in [-0.25, -0.2) is 4.98 Å². The molecule has 3 N–H and O–H groups in total. The largest absolute Gasteiger partial charge is 0.474 e. The van der Waals surface area contributed by atoms with Crippen molar-refractivity contribution in [3.8, 4) is 17.0 Å². The molecular formula is C26H31N5O5. The van der Waals surface area contributed by atoms with Gasteiger partial charge >= 0.3 is 0 Å². The third kappa shape index (κ3) is 5.96. The Morgan fingerprint density at radius 1 is 1.17 bits per heavy atom. The van der Waals surface area contributed by atoms with Crippen LogP contribution in [0.15, 0.2) is 42.9 Å². The molecule has 190 valence electrons. The standard InChI is InChI=1S/C26H31N5O5/c1-17-21(18-12-23(31-6-9-35-10-7-31)25(29-15-18)36-11-8-32)14-20(16-28-17)30-24(33)22-13-19(4-5-27-22)26(2,3)34/h4-5,12-16,32,34H,6-11H2,1-3H3,(H,30,33). The van der Waals surface area contributed by atoms with Gasteiger partial charge < -0.3 is 29.9 Å². The van der Waals surface area contributed by atoms with E-state index in [-0.39, 0.29) is 18.9 Å². The van der Waals surface area contributed by atoms with E-state index in [2.05, 4.69) is 25.2 Å². The second-order valence-corrected chi connectivity index (χ2v) is 9.02. The number of pyridine rings is 3. The molecule has 1 aliphatic heterocycles. The number of morpholine rings is 1. The van der Waals surface area contributed by atoms with E-state index in [1.165, 1.54) is 6.20 Å². The van der Waals surface area contributed by atoms with Crippen molar-refractivity contribution >= 4 is 17.3 Å². The van der Waals surface area contributed by atoms with Crippen LogP contribution in [-0.4, -0.2) is 70.6 Å². The van der Waals surface area contributed by atoms with Gasteiger partial charge in [0.15, 0.2) is 0 Å². The molecule has 1 amide bonds. The van der Waals surface area contributed by atoms with E-state index < -0.39 is 11.5 Å². The minimum absolute atomic E-state index is 0.107. The van der Waals surface area contributed by atoms with Crippen LogP contribution in [0.1, 0.15) is 35.6 Å². The van der Waals surface area contributed by atoms with Crippen molar-refractivity contribution in [2.24, 2.45) is 0 Å². The fourth-order valence-corrected chi connectivity index (χ4v) is 3.90. The summed E-state index contributed by atoms with van der Waals surface area (Å²) in [5, 5.41) is 22.3. The third-order valence-corrected chi connectivity index (χ3v) is 5.87. The maximum atomic E-state index is 12.9. The SMILES string of the molecule is Cc1ncc(NC(=O)c2cc(C(C)(C)O)ccn2)cc1-c1cnc(OCCO)c(N2CCOCC2)c1. The van der Waals surface area contributed by atoms with Crippen LogP contribution >= 0.6 is 0 Å². The first-order valence-corrected chi connectivity index (χ1v) is 11.8. The average Bonchev–Trinajstić information content (AvgIpc) is 2.88. The molecule has 0 aromatic carbocycles. The van der Waals surface area contributed by atoms with E-state index in [1.54, 1.807) is 38.4 Å². The van der Waals surface area contributed by atoms with Crippen molar-refractivity contribution in [2.75, 3.05) is 49.7 Å². The van der Waals surface area contributed by atoms with Crippen LogP contribution in [-0.2, 0) is 10.3 Å². The summed E-state index contributed by atoms with van der Waals surface area (Å²) in [5.41, 5.74) is 3.41. The van der Waals surface area contributed by atoms with E-state index in [0.717, 1.165) is 22.5 Å². The van der Waals surface area contributed by atoms with Crippen LogP contribution in [0.3, 0.4) is 0 Å². The summed E-state index contributed by atoms with van der Waals surface area (Å²) in [6.45, 7) is 7.84. The molecule has 36 heavy (non-hydrogen) atoms. The molecule has 0 unspecified atom stereocenters. The van der Waals surface area contributed by atoms with Crippen molar-refractivity contribution < 1.29 is 24.5 Å². The minimum atomic E-state index is -1.09. The summed E-state index contributed by atoms with van der Waals surface area (Å²) in [7, 11) is 0. The Morgan fingerprint density at radius 3 is 2.67 bits per heavy atom. The normalized spacial score (nSPS) is 14.0. The third-order valence-electron chi connectivity index (χ3n) is 5.87. The van der Waals surface area contributed by atoms with Crippen LogP contribution in [0.2, 0.25) is 0 Å². The van der Waals surface area contributed by atoms with Gasteiger partial charge in [0, 0.05) is 42.3 Å². The summed E-state index contributed by atoms with van der Waals surface area (Å²) in [4.78, 5) is 28.2. The highest BCUT2D eigenvalue weighted by Gasteiger charge is 2.21. The molecule has 4 rings (SSSR count). The summed E-state index contributed by atoms with van der Waals surface area (Å²) >= 11 is 0. The summed E-state index contributed by atoms with van der Waals surface area (Å²) < 4.78 is 11.2. The van der Waals surface area contributed by atoms with E-state index in [1.807, 2.05) is 19.1 Å². The van der Waals surface area contributed by atoms with Gasteiger partial charge in [-0.15, -0.1) is 0 Å². The molecule has 1 aliphatic rings. The number of aliphatic hydroxyl groups excluding tert-OH is 1. The van der Waals surface area contributed by atoms with E-state index in [9.17, 15) is 15.0 Å². The first-order valence-electron chi connectivity index (χ1n) is 11.8. The maximum Gasteiger partial charge on any atom is 0.274 e. The Bertz CT molecular complexity index is 1220. The van der Waals surface area contributed by atoms with Gasteiger partial charge in [0.2, 0.25) is 5.88 Å². The van der Waals surface area contributed by atoms with Gasteiger partial charge in [-0.2, -0.15) is 0 Å². The fourth-order valence-electron chi connectivity index (χ4n) is 3.90. The number of carbonyl (C=O) groups excluding carboxylic acids is 1. The van der Waals surface area contributed by atoms with Gasteiger partial charge in [-0.3, -0.25) is 14.8 Å². The van der Waals surface area contributed by atoms with Crippen LogP contribution in [0.4, 0.5) is 11.4 Å². The molecule has 0 bridgehead atoms. The number of aliphatic hydroxyl groups is 2. The number of hydrogen-bond acceptors (Lipinski definition) is 9. The molecular weight excluding hydrogens is 462 g/mol. The van der Waals surface area contributed by atoms with Crippen molar-refractivity contribution in [2.45, 2.75) is 26.4 Å². The zero-order chi connectivity index (χ0) is 25.7. The van der Waals surface area contributed by atoms with Gasteiger partial charge in [0.1, 0.15) is 18.0 Å². The van der Waals surface area contributed by atoms with Crippen molar-refractivity contribution in [1.29, 1.82) is 0 Å². The maximum absolute atomic E-state index is 12.9. The molecule has 4 heterocycles. The van der Waals surface area contributed by atoms with Crippen LogP contribution in [0, 0.1) is 6.92 Å². The smallest absolute Gasteiger partial charge is 0.274 e. The molecule has 0 spiro atoms. The Hall–Kier alpha value is -3.60. The number of ether oxygens (including phenoxy) is 2. The second-order valence-electron chi connectivity index (χ2n) is 9.02. The molecule has 1 saturated heterocycles. The van der Waals surface area contributed by atoms with Crippen LogP contribution in [0.5, 0.6) is 5.88 Å². The number of rotatable bonds is 8. The lowest BCUT2D eigenvalue weighted by molar-refractivity contribution is 0.0783. The number of aromatic nitrogens is 3. The van der Waals surface area contributed by atoms with Crippen LogP contribution < -0.4 is 15.0 Å². The lowest BCUT2D eigenvalue weighted by Gasteiger charge is -2.30. The fraction of sp³-hybridized carbons (Fsp3) is 0.385. The number of hydrogen-bond donors (Lipinski definition) is 3. The Kier molecular flexibility index (Phi) is 7.78.